The number of rotatable bonds is 4. The zero-order chi connectivity index (χ0) is 14.8. The Morgan fingerprint density at radius 3 is 3.00 bits per heavy atom. The van der Waals surface area contributed by atoms with Crippen LogP contribution in [0.1, 0.15) is 25.7 Å². The smallest absolute Gasteiger partial charge is 0.222 e. The van der Waals surface area contributed by atoms with Crippen LogP contribution in [0.2, 0.25) is 0 Å². The number of hydrogen-bond acceptors (Lipinski definition) is 7. The Labute approximate surface area is 131 Å². The third-order valence-electron chi connectivity index (χ3n) is 3.80. The van der Waals surface area contributed by atoms with Crippen molar-refractivity contribution < 1.29 is 4.79 Å². The normalized spacial score (nSPS) is 22.3. The summed E-state index contributed by atoms with van der Waals surface area (Å²) in [6.07, 6.45) is 7.45. The van der Waals surface area contributed by atoms with E-state index in [1.165, 1.54) is 6.33 Å². The van der Waals surface area contributed by atoms with Crippen molar-refractivity contribution in [1.29, 1.82) is 0 Å². The summed E-state index contributed by atoms with van der Waals surface area (Å²) in [7, 11) is 0. The van der Waals surface area contributed by atoms with Gasteiger partial charge in [-0.1, -0.05) is 24.6 Å². The molecular weight excluding hydrogens is 306 g/mol. The highest BCUT2D eigenvalue weighted by Gasteiger charge is 2.30. The number of amides is 1. The van der Waals surface area contributed by atoms with Crippen LogP contribution >= 0.6 is 23.1 Å². The predicted molar refractivity (Wildman–Crippen MR) is 85.6 cm³/mol. The molecule has 1 aliphatic rings. The number of nitrogens with zero attached hydrogens (tertiary/aromatic N) is 3. The average molecular weight is 323 g/mol. The van der Waals surface area contributed by atoms with Gasteiger partial charge < -0.3 is 11.1 Å². The van der Waals surface area contributed by atoms with Crippen LogP contribution in [0.3, 0.4) is 0 Å². The van der Waals surface area contributed by atoms with Gasteiger partial charge in [-0.3, -0.25) is 4.79 Å². The zero-order valence-corrected chi connectivity index (χ0v) is 13.3. The van der Waals surface area contributed by atoms with Crippen LogP contribution in [-0.4, -0.2) is 33.2 Å². The standard InChI is InChI=1S/C13H17N5OS2/c1-20-13-18-12-9(21-13)11(15-6-16-12)17-8-5-3-2-4-7(8)10(14)19/h6-8H,2-5H2,1H3,(H2,14,19)(H,15,16,17). The highest BCUT2D eigenvalue weighted by molar-refractivity contribution is 8.00. The molecule has 3 N–H and O–H groups in total. The molecule has 0 aliphatic heterocycles. The Hall–Kier alpha value is -1.41. The number of thioether (sulfide) groups is 1. The van der Waals surface area contributed by atoms with E-state index < -0.39 is 0 Å². The van der Waals surface area contributed by atoms with Gasteiger partial charge in [0.25, 0.3) is 0 Å². The van der Waals surface area contributed by atoms with Gasteiger partial charge in [0.2, 0.25) is 5.91 Å². The summed E-state index contributed by atoms with van der Waals surface area (Å²) >= 11 is 3.16. The molecule has 112 valence electrons. The van der Waals surface area contributed by atoms with Crippen LogP contribution in [0.15, 0.2) is 10.7 Å². The maximum atomic E-state index is 11.6. The second-order valence-corrected chi connectivity index (χ2v) is 7.16. The van der Waals surface area contributed by atoms with Gasteiger partial charge in [0.05, 0.1) is 5.92 Å². The van der Waals surface area contributed by atoms with Crippen LogP contribution in [-0.2, 0) is 4.79 Å². The Kier molecular flexibility index (Phi) is 4.25. The van der Waals surface area contributed by atoms with E-state index in [0.29, 0.717) is 5.65 Å². The van der Waals surface area contributed by atoms with Gasteiger partial charge >= 0.3 is 0 Å². The fourth-order valence-corrected chi connectivity index (χ4v) is 4.21. The molecule has 0 bridgehead atoms. The lowest BCUT2D eigenvalue weighted by Crippen LogP contribution is -2.40. The average Bonchev–Trinajstić information content (AvgIpc) is 2.92. The minimum atomic E-state index is -0.230. The third-order valence-corrected chi connectivity index (χ3v) is 5.84. The second kappa shape index (κ2) is 6.15. The molecule has 1 aliphatic carbocycles. The number of nitrogens with two attached hydrogens (primary N) is 1. The van der Waals surface area contributed by atoms with Crippen molar-refractivity contribution in [3.05, 3.63) is 6.33 Å². The first-order valence-corrected chi connectivity index (χ1v) is 8.94. The van der Waals surface area contributed by atoms with E-state index in [-0.39, 0.29) is 17.9 Å². The second-order valence-electron chi connectivity index (χ2n) is 5.10. The van der Waals surface area contributed by atoms with Crippen LogP contribution in [0.25, 0.3) is 10.3 Å². The number of carbonyl (C=O) groups excluding carboxylic acids is 1. The van der Waals surface area contributed by atoms with Crippen LogP contribution in [0.4, 0.5) is 5.82 Å². The van der Waals surface area contributed by atoms with Crippen molar-refractivity contribution in [2.75, 3.05) is 11.6 Å². The van der Waals surface area contributed by atoms with Crippen molar-refractivity contribution in [3.8, 4) is 0 Å². The van der Waals surface area contributed by atoms with Gasteiger partial charge in [-0.15, -0.1) is 11.3 Å². The molecule has 0 saturated heterocycles. The maximum absolute atomic E-state index is 11.6. The number of aromatic nitrogens is 3. The number of thiazole rings is 1. The third kappa shape index (κ3) is 2.96. The molecule has 2 aromatic rings. The number of nitrogens with one attached hydrogen (secondary N) is 1. The van der Waals surface area contributed by atoms with E-state index in [1.54, 1.807) is 23.1 Å². The number of carbonyl (C=O) groups is 1. The molecule has 8 heteroatoms. The summed E-state index contributed by atoms with van der Waals surface area (Å²) in [5.74, 6) is 0.402. The monoisotopic (exact) mass is 323 g/mol. The molecule has 2 unspecified atom stereocenters. The fourth-order valence-electron chi connectivity index (χ4n) is 2.74. The van der Waals surface area contributed by atoms with Crippen molar-refractivity contribution in [2.45, 2.75) is 36.1 Å². The lowest BCUT2D eigenvalue weighted by Gasteiger charge is -2.30. The summed E-state index contributed by atoms with van der Waals surface area (Å²) < 4.78 is 1.90. The SMILES string of the molecule is CSc1nc2ncnc(NC3CCCCC3C(N)=O)c2s1. The van der Waals surface area contributed by atoms with Gasteiger partial charge in [-0.05, 0) is 19.1 Å². The molecule has 21 heavy (non-hydrogen) atoms. The van der Waals surface area contributed by atoms with E-state index >= 15 is 0 Å². The topological polar surface area (TPSA) is 93.8 Å². The van der Waals surface area contributed by atoms with E-state index in [9.17, 15) is 4.79 Å². The molecular formula is C13H17N5OS2. The molecule has 2 atom stereocenters. The van der Waals surface area contributed by atoms with E-state index in [1.807, 2.05) is 6.26 Å². The zero-order valence-electron chi connectivity index (χ0n) is 11.7. The lowest BCUT2D eigenvalue weighted by atomic mass is 9.84. The Morgan fingerprint density at radius 1 is 1.43 bits per heavy atom. The van der Waals surface area contributed by atoms with Gasteiger partial charge in [-0.2, -0.15) is 0 Å². The van der Waals surface area contributed by atoms with E-state index in [0.717, 1.165) is 40.5 Å². The summed E-state index contributed by atoms with van der Waals surface area (Å²) in [5.41, 5.74) is 6.23. The van der Waals surface area contributed by atoms with Crippen LogP contribution < -0.4 is 11.1 Å². The van der Waals surface area contributed by atoms with Gasteiger partial charge in [0.15, 0.2) is 9.99 Å². The van der Waals surface area contributed by atoms with E-state index in [4.69, 9.17) is 5.73 Å². The van der Waals surface area contributed by atoms with Crippen LogP contribution in [0.5, 0.6) is 0 Å². The van der Waals surface area contributed by atoms with Crippen molar-refractivity contribution >= 4 is 45.2 Å². The quantitative estimate of drug-likeness (QED) is 0.838. The maximum Gasteiger partial charge on any atom is 0.222 e. The molecule has 1 amide bonds. The van der Waals surface area contributed by atoms with Crippen LogP contribution in [0, 0.1) is 5.92 Å². The Bertz CT molecular complexity index is 659. The van der Waals surface area contributed by atoms with Crippen molar-refractivity contribution in [1.82, 2.24) is 15.0 Å². The van der Waals surface area contributed by atoms with Gasteiger partial charge in [-0.25, -0.2) is 15.0 Å². The molecule has 3 rings (SSSR count). The van der Waals surface area contributed by atoms with Crippen molar-refractivity contribution in [3.63, 3.8) is 0 Å². The minimum absolute atomic E-state index is 0.0502. The molecule has 1 saturated carbocycles. The summed E-state index contributed by atoms with van der Waals surface area (Å²) in [5, 5.41) is 3.40. The highest BCUT2D eigenvalue weighted by Crippen LogP contribution is 2.33. The number of anilines is 1. The Morgan fingerprint density at radius 2 is 2.24 bits per heavy atom. The number of primary amides is 1. The Balaban J connectivity index is 1.89. The molecule has 1 fully saturated rings. The summed E-state index contributed by atoms with van der Waals surface area (Å²) in [6.45, 7) is 0. The summed E-state index contributed by atoms with van der Waals surface area (Å²) in [6, 6.07) is 0.0502. The lowest BCUT2D eigenvalue weighted by molar-refractivity contribution is -0.122. The first-order valence-electron chi connectivity index (χ1n) is 6.90. The highest BCUT2D eigenvalue weighted by atomic mass is 32.2. The largest absolute Gasteiger partial charge is 0.369 e. The van der Waals surface area contributed by atoms with Crippen molar-refractivity contribution in [2.24, 2.45) is 11.7 Å². The minimum Gasteiger partial charge on any atom is -0.369 e. The predicted octanol–water partition coefficient (Wildman–Crippen LogP) is 2.26. The number of hydrogen-bond donors (Lipinski definition) is 2. The molecule has 0 aromatic carbocycles. The fraction of sp³-hybridized carbons (Fsp3) is 0.538. The molecule has 2 heterocycles. The van der Waals surface area contributed by atoms with Gasteiger partial charge in [0.1, 0.15) is 16.8 Å². The molecule has 0 radical (unpaired) electrons. The first kappa shape index (κ1) is 14.5. The first-order chi connectivity index (χ1) is 10.2. The molecule has 2 aromatic heterocycles. The van der Waals surface area contributed by atoms with Gasteiger partial charge in [0, 0.05) is 6.04 Å². The molecule has 0 spiro atoms. The molecule has 6 nitrogen and oxygen atoms in total. The number of fused-ring (bicyclic) bond motifs is 1. The van der Waals surface area contributed by atoms with E-state index in [2.05, 4.69) is 20.3 Å². The summed E-state index contributed by atoms with van der Waals surface area (Å²) in [4.78, 5) is 24.6.